The second kappa shape index (κ2) is 9.87. The van der Waals surface area contributed by atoms with Crippen LogP contribution in [-0.2, 0) is 22.4 Å². The van der Waals surface area contributed by atoms with Crippen LogP contribution in [0.2, 0.25) is 0 Å². The Morgan fingerprint density at radius 2 is 1.81 bits per heavy atom. The molecule has 6 nitrogen and oxygen atoms in total. The van der Waals surface area contributed by atoms with Crippen molar-refractivity contribution < 1.29 is 23.9 Å². The van der Waals surface area contributed by atoms with E-state index in [0.717, 1.165) is 24.8 Å². The highest BCUT2D eigenvalue weighted by Crippen LogP contribution is 2.25. The Labute approximate surface area is 162 Å². The van der Waals surface area contributed by atoms with E-state index in [1.54, 1.807) is 24.3 Å². The second-order valence-electron chi connectivity index (χ2n) is 5.84. The second-order valence-corrected chi connectivity index (χ2v) is 6.98. The van der Waals surface area contributed by atoms with Gasteiger partial charge in [-0.15, -0.1) is 11.3 Å². The first-order valence-corrected chi connectivity index (χ1v) is 9.57. The molecule has 0 spiro atoms. The summed E-state index contributed by atoms with van der Waals surface area (Å²) in [6.07, 6.45) is 2.76. The fourth-order valence-corrected chi connectivity index (χ4v) is 3.73. The Hall–Kier alpha value is -2.67. The van der Waals surface area contributed by atoms with E-state index < -0.39 is 24.4 Å². The zero-order valence-corrected chi connectivity index (χ0v) is 16.5. The van der Waals surface area contributed by atoms with Gasteiger partial charge in [-0.1, -0.05) is 20.3 Å². The quantitative estimate of drug-likeness (QED) is 0.700. The molecule has 27 heavy (non-hydrogen) atoms. The fourth-order valence-electron chi connectivity index (χ4n) is 2.48. The van der Waals surface area contributed by atoms with Gasteiger partial charge in [0.05, 0.1) is 7.11 Å². The Kier molecular flexibility index (Phi) is 7.55. The lowest BCUT2D eigenvalue weighted by Gasteiger charge is -2.06. The molecule has 1 heterocycles. The monoisotopic (exact) mass is 389 g/mol. The standard InChI is InChI=1S/C20H23NO5S/c1-4-6-16-13(5-2)11-17(27-16)20(24)26-12-18(22)21-19(23)14-7-9-15(25-3)10-8-14/h7-11H,4-6,12H2,1-3H3,(H,21,22,23). The van der Waals surface area contributed by atoms with Crippen molar-refractivity contribution in [3.8, 4) is 5.75 Å². The van der Waals surface area contributed by atoms with Gasteiger partial charge in [0.25, 0.3) is 11.8 Å². The number of benzene rings is 1. The number of aryl methyl sites for hydroxylation is 2. The maximum atomic E-state index is 12.2. The summed E-state index contributed by atoms with van der Waals surface area (Å²) in [7, 11) is 1.52. The molecule has 1 aromatic heterocycles. The number of rotatable bonds is 8. The van der Waals surface area contributed by atoms with Crippen LogP contribution in [0, 0.1) is 0 Å². The number of imide groups is 1. The van der Waals surface area contributed by atoms with Gasteiger partial charge in [-0.2, -0.15) is 0 Å². The predicted molar refractivity (Wildman–Crippen MR) is 103 cm³/mol. The highest BCUT2D eigenvalue weighted by Gasteiger charge is 2.17. The first-order valence-electron chi connectivity index (χ1n) is 8.75. The minimum atomic E-state index is -0.676. The molecule has 0 bridgehead atoms. The molecule has 0 saturated heterocycles. The van der Waals surface area contributed by atoms with Gasteiger partial charge in [0.2, 0.25) is 0 Å². The summed E-state index contributed by atoms with van der Waals surface area (Å²) in [5.41, 5.74) is 1.44. The Bertz CT molecular complexity index is 810. The molecule has 0 radical (unpaired) electrons. The maximum Gasteiger partial charge on any atom is 0.348 e. The molecular formula is C20H23NO5S. The predicted octanol–water partition coefficient (Wildman–Crippen LogP) is 3.39. The highest BCUT2D eigenvalue weighted by atomic mass is 32.1. The number of carbonyl (C=O) groups excluding carboxylic acids is 3. The third-order valence-corrected chi connectivity index (χ3v) is 5.11. The van der Waals surface area contributed by atoms with Crippen molar-refractivity contribution in [1.29, 1.82) is 0 Å². The van der Waals surface area contributed by atoms with Gasteiger partial charge >= 0.3 is 5.97 Å². The van der Waals surface area contributed by atoms with Crippen molar-refractivity contribution in [2.45, 2.75) is 33.1 Å². The van der Waals surface area contributed by atoms with E-state index in [1.807, 2.05) is 13.0 Å². The van der Waals surface area contributed by atoms with Gasteiger partial charge in [-0.25, -0.2) is 4.79 Å². The van der Waals surface area contributed by atoms with E-state index in [0.29, 0.717) is 16.2 Å². The smallest absolute Gasteiger partial charge is 0.348 e. The van der Waals surface area contributed by atoms with E-state index in [4.69, 9.17) is 9.47 Å². The largest absolute Gasteiger partial charge is 0.497 e. The molecule has 144 valence electrons. The third kappa shape index (κ3) is 5.65. The van der Waals surface area contributed by atoms with Gasteiger partial charge in [0.15, 0.2) is 6.61 Å². The summed E-state index contributed by atoms with van der Waals surface area (Å²) in [6.45, 7) is 3.61. The van der Waals surface area contributed by atoms with Gasteiger partial charge in [0.1, 0.15) is 10.6 Å². The Morgan fingerprint density at radius 3 is 2.41 bits per heavy atom. The number of carbonyl (C=O) groups is 3. The van der Waals surface area contributed by atoms with Gasteiger partial charge < -0.3 is 9.47 Å². The highest BCUT2D eigenvalue weighted by molar-refractivity contribution is 7.14. The van der Waals surface area contributed by atoms with E-state index in [-0.39, 0.29) is 0 Å². The summed E-state index contributed by atoms with van der Waals surface area (Å²) < 4.78 is 10.1. The molecule has 0 saturated carbocycles. The van der Waals surface area contributed by atoms with Crippen LogP contribution in [0.1, 0.15) is 50.7 Å². The molecule has 2 rings (SSSR count). The number of thiophene rings is 1. The van der Waals surface area contributed by atoms with Gasteiger partial charge in [-0.05, 0) is 48.7 Å². The first-order chi connectivity index (χ1) is 13.0. The average molecular weight is 389 g/mol. The average Bonchev–Trinajstić information content (AvgIpc) is 3.09. The van der Waals surface area contributed by atoms with Crippen LogP contribution in [0.15, 0.2) is 30.3 Å². The van der Waals surface area contributed by atoms with Gasteiger partial charge in [-0.3, -0.25) is 14.9 Å². The lowest BCUT2D eigenvalue weighted by atomic mass is 10.1. The van der Waals surface area contributed by atoms with E-state index in [9.17, 15) is 14.4 Å². The van der Waals surface area contributed by atoms with Crippen LogP contribution in [0.4, 0.5) is 0 Å². The summed E-state index contributed by atoms with van der Waals surface area (Å²) in [5.74, 6) is -1.18. The molecule has 1 aromatic carbocycles. The number of hydrogen-bond acceptors (Lipinski definition) is 6. The lowest BCUT2D eigenvalue weighted by Crippen LogP contribution is -2.34. The topological polar surface area (TPSA) is 81.7 Å². The van der Waals surface area contributed by atoms with Crippen molar-refractivity contribution in [2.75, 3.05) is 13.7 Å². The zero-order chi connectivity index (χ0) is 19.8. The SMILES string of the molecule is CCCc1sc(C(=O)OCC(=O)NC(=O)c2ccc(OC)cc2)cc1CC. The number of hydrogen-bond donors (Lipinski definition) is 1. The lowest BCUT2D eigenvalue weighted by molar-refractivity contribution is -0.123. The van der Waals surface area contributed by atoms with Crippen LogP contribution in [0.3, 0.4) is 0 Å². The molecule has 0 aliphatic heterocycles. The minimum absolute atomic E-state index is 0.311. The van der Waals surface area contributed by atoms with Crippen LogP contribution in [0.5, 0.6) is 5.75 Å². The van der Waals surface area contributed by atoms with Crippen molar-refractivity contribution in [3.63, 3.8) is 0 Å². The van der Waals surface area contributed by atoms with Crippen LogP contribution < -0.4 is 10.1 Å². The summed E-state index contributed by atoms with van der Waals surface area (Å²) in [6, 6.07) is 8.14. The molecule has 0 fully saturated rings. The molecule has 0 atom stereocenters. The van der Waals surface area contributed by atoms with Crippen molar-refractivity contribution in [3.05, 3.63) is 51.2 Å². The summed E-state index contributed by atoms with van der Waals surface area (Å²) in [4.78, 5) is 37.7. The van der Waals surface area contributed by atoms with E-state index >= 15 is 0 Å². The number of esters is 1. The van der Waals surface area contributed by atoms with E-state index in [2.05, 4.69) is 12.2 Å². The van der Waals surface area contributed by atoms with E-state index in [1.165, 1.54) is 23.3 Å². The summed E-state index contributed by atoms with van der Waals surface area (Å²) >= 11 is 1.40. The van der Waals surface area contributed by atoms with Crippen LogP contribution >= 0.6 is 11.3 Å². The number of nitrogens with one attached hydrogen (secondary N) is 1. The van der Waals surface area contributed by atoms with Crippen molar-refractivity contribution in [1.82, 2.24) is 5.32 Å². The first kappa shape index (κ1) is 20.6. The Balaban J connectivity index is 1.88. The molecule has 0 aliphatic carbocycles. The normalized spacial score (nSPS) is 10.3. The maximum absolute atomic E-state index is 12.2. The molecule has 2 aromatic rings. The van der Waals surface area contributed by atoms with Crippen molar-refractivity contribution in [2.24, 2.45) is 0 Å². The fraction of sp³-hybridized carbons (Fsp3) is 0.350. The van der Waals surface area contributed by atoms with Crippen LogP contribution in [-0.4, -0.2) is 31.5 Å². The minimum Gasteiger partial charge on any atom is -0.497 e. The number of amides is 2. The van der Waals surface area contributed by atoms with Crippen molar-refractivity contribution >= 4 is 29.1 Å². The molecule has 0 aliphatic rings. The number of methoxy groups -OCH3 is 1. The molecule has 2 amide bonds. The molecule has 0 unspecified atom stereocenters. The number of ether oxygens (including phenoxy) is 2. The van der Waals surface area contributed by atoms with Gasteiger partial charge in [0, 0.05) is 10.4 Å². The molecule has 7 heteroatoms. The zero-order valence-electron chi connectivity index (χ0n) is 15.7. The molecular weight excluding hydrogens is 366 g/mol. The Morgan fingerprint density at radius 1 is 1.11 bits per heavy atom. The third-order valence-electron chi connectivity index (χ3n) is 3.90. The summed E-state index contributed by atoms with van der Waals surface area (Å²) in [5, 5.41) is 2.20. The molecule has 1 N–H and O–H groups in total. The van der Waals surface area contributed by atoms with Crippen LogP contribution in [0.25, 0.3) is 0 Å².